The maximum absolute atomic E-state index is 13.0. The maximum Gasteiger partial charge on any atom is 0.416 e. The number of ether oxygens (including phenoxy) is 1. The number of nitrogens with one attached hydrogen (secondary N) is 1. The molecule has 1 amide bonds. The Morgan fingerprint density at radius 3 is 2.92 bits per heavy atom. The van der Waals surface area contributed by atoms with Crippen LogP contribution in [0.15, 0.2) is 18.2 Å². The van der Waals surface area contributed by atoms with Crippen molar-refractivity contribution in [3.63, 3.8) is 0 Å². The molecule has 0 bridgehead atoms. The first-order valence-corrected chi connectivity index (χ1v) is 8.15. The molecule has 0 aliphatic carbocycles. The van der Waals surface area contributed by atoms with Crippen LogP contribution in [0.1, 0.15) is 24.0 Å². The minimum atomic E-state index is -4.37. The predicted octanol–water partition coefficient (Wildman–Crippen LogP) is 2.61. The van der Waals surface area contributed by atoms with E-state index in [0.717, 1.165) is 31.1 Å². The summed E-state index contributed by atoms with van der Waals surface area (Å²) in [6, 6.07) is 3.94. The quantitative estimate of drug-likeness (QED) is 0.856. The van der Waals surface area contributed by atoms with Crippen LogP contribution >= 0.6 is 0 Å². The summed E-state index contributed by atoms with van der Waals surface area (Å²) in [7, 11) is 1.56. The molecule has 1 fully saturated rings. The fraction of sp³-hybridized carbons (Fsp3) is 0.588. The van der Waals surface area contributed by atoms with E-state index in [9.17, 15) is 18.0 Å². The molecule has 24 heavy (non-hydrogen) atoms. The average Bonchev–Trinajstić information content (AvgIpc) is 3.02. The molecule has 1 saturated heterocycles. The highest BCUT2D eigenvalue weighted by Crippen LogP contribution is 2.41. The van der Waals surface area contributed by atoms with Crippen LogP contribution < -0.4 is 10.2 Å². The van der Waals surface area contributed by atoms with Gasteiger partial charge in [-0.15, -0.1) is 0 Å². The second-order valence-electron chi connectivity index (χ2n) is 6.34. The Labute approximate surface area is 139 Å². The molecular formula is C17H21F3N2O2. The highest BCUT2D eigenvalue weighted by atomic mass is 19.4. The van der Waals surface area contributed by atoms with E-state index in [2.05, 4.69) is 10.2 Å². The Balaban J connectivity index is 1.86. The van der Waals surface area contributed by atoms with Gasteiger partial charge in [-0.2, -0.15) is 13.2 Å². The van der Waals surface area contributed by atoms with Gasteiger partial charge in [0.2, 0.25) is 5.91 Å². The van der Waals surface area contributed by atoms with Gasteiger partial charge in [0, 0.05) is 31.9 Å². The molecule has 132 valence electrons. The summed E-state index contributed by atoms with van der Waals surface area (Å²) in [4.78, 5) is 14.6. The Morgan fingerprint density at radius 1 is 1.42 bits per heavy atom. The monoisotopic (exact) mass is 342 g/mol. The van der Waals surface area contributed by atoms with Gasteiger partial charge in [0.15, 0.2) is 0 Å². The first-order chi connectivity index (χ1) is 11.4. The number of carbonyl (C=O) groups excluding carboxylic acids is 1. The van der Waals surface area contributed by atoms with Gasteiger partial charge in [-0.05, 0) is 43.0 Å². The van der Waals surface area contributed by atoms with Crippen LogP contribution in [0.3, 0.4) is 0 Å². The molecule has 2 unspecified atom stereocenters. The Bertz CT molecular complexity index is 618. The molecular weight excluding hydrogens is 321 g/mol. The predicted molar refractivity (Wildman–Crippen MR) is 83.9 cm³/mol. The van der Waals surface area contributed by atoms with Crippen molar-refractivity contribution in [1.82, 2.24) is 5.32 Å². The van der Waals surface area contributed by atoms with Crippen LogP contribution in [0.5, 0.6) is 0 Å². The van der Waals surface area contributed by atoms with Crippen molar-refractivity contribution in [2.75, 3.05) is 31.7 Å². The van der Waals surface area contributed by atoms with Crippen molar-refractivity contribution >= 4 is 11.6 Å². The molecule has 2 aliphatic heterocycles. The normalized spacial score (nSPS) is 22.9. The number of methoxy groups -OCH3 is 1. The van der Waals surface area contributed by atoms with E-state index in [-0.39, 0.29) is 17.9 Å². The number of anilines is 1. The molecule has 2 atom stereocenters. The summed E-state index contributed by atoms with van der Waals surface area (Å²) in [5, 5.41) is 2.83. The molecule has 1 aromatic carbocycles. The van der Waals surface area contributed by atoms with Crippen molar-refractivity contribution in [3.05, 3.63) is 29.3 Å². The summed E-state index contributed by atoms with van der Waals surface area (Å²) in [6.45, 7) is 1.61. The topological polar surface area (TPSA) is 41.6 Å². The number of amides is 1. The number of alkyl halides is 3. The molecule has 2 heterocycles. The fourth-order valence-electron chi connectivity index (χ4n) is 3.76. The van der Waals surface area contributed by atoms with Crippen LogP contribution in [0.2, 0.25) is 0 Å². The lowest BCUT2D eigenvalue weighted by Gasteiger charge is -2.39. The number of hydrogen-bond donors (Lipinski definition) is 1. The van der Waals surface area contributed by atoms with Crippen molar-refractivity contribution in [1.29, 1.82) is 0 Å². The largest absolute Gasteiger partial charge is 0.416 e. The Kier molecular flexibility index (Phi) is 4.71. The molecule has 3 rings (SSSR count). The smallest absolute Gasteiger partial charge is 0.383 e. The van der Waals surface area contributed by atoms with E-state index in [1.54, 1.807) is 13.2 Å². The number of benzene rings is 1. The molecule has 2 aliphatic rings. The van der Waals surface area contributed by atoms with Gasteiger partial charge >= 0.3 is 6.18 Å². The summed E-state index contributed by atoms with van der Waals surface area (Å²) in [5.41, 5.74) is 0.791. The lowest BCUT2D eigenvalue weighted by molar-refractivity contribution is -0.137. The van der Waals surface area contributed by atoms with Gasteiger partial charge in [0.05, 0.1) is 18.1 Å². The molecule has 0 spiro atoms. The van der Waals surface area contributed by atoms with Crippen molar-refractivity contribution in [2.45, 2.75) is 31.5 Å². The second kappa shape index (κ2) is 6.63. The molecule has 0 radical (unpaired) electrons. The summed E-state index contributed by atoms with van der Waals surface area (Å²) < 4.78 is 43.9. The van der Waals surface area contributed by atoms with Crippen molar-refractivity contribution in [3.8, 4) is 0 Å². The number of carbonyl (C=O) groups is 1. The third kappa shape index (κ3) is 3.22. The van der Waals surface area contributed by atoms with E-state index in [1.807, 2.05) is 0 Å². The van der Waals surface area contributed by atoms with Crippen LogP contribution in [0.4, 0.5) is 18.9 Å². The zero-order valence-electron chi connectivity index (χ0n) is 13.5. The van der Waals surface area contributed by atoms with Crippen LogP contribution in [-0.4, -0.2) is 38.8 Å². The van der Waals surface area contributed by atoms with E-state index >= 15 is 0 Å². The number of fused-ring (bicyclic) bond motifs is 3. The number of halogens is 3. The maximum atomic E-state index is 13.0. The fourth-order valence-corrected chi connectivity index (χ4v) is 3.76. The highest BCUT2D eigenvalue weighted by Gasteiger charge is 2.42. The third-order valence-electron chi connectivity index (χ3n) is 4.86. The Morgan fingerprint density at radius 2 is 2.21 bits per heavy atom. The van der Waals surface area contributed by atoms with Gasteiger partial charge in [-0.1, -0.05) is 0 Å². The molecule has 0 saturated carbocycles. The van der Waals surface area contributed by atoms with Crippen molar-refractivity contribution < 1.29 is 22.7 Å². The summed E-state index contributed by atoms with van der Waals surface area (Å²) in [5.74, 6) is -0.424. The van der Waals surface area contributed by atoms with E-state index < -0.39 is 11.7 Å². The van der Waals surface area contributed by atoms with E-state index in [1.165, 1.54) is 6.07 Å². The van der Waals surface area contributed by atoms with E-state index in [4.69, 9.17) is 4.74 Å². The number of rotatable bonds is 4. The third-order valence-corrected chi connectivity index (χ3v) is 4.86. The van der Waals surface area contributed by atoms with Crippen molar-refractivity contribution in [2.24, 2.45) is 5.92 Å². The molecule has 1 N–H and O–H groups in total. The lowest BCUT2D eigenvalue weighted by Crippen LogP contribution is -2.48. The minimum Gasteiger partial charge on any atom is -0.383 e. The standard InChI is InChI=1S/C17H21F3N2O2/c1-24-8-6-21-16(23)13-10-11-9-12(17(18,19)20)4-5-14(11)22-7-2-3-15(13)22/h4-5,9,13,15H,2-3,6-8,10H2,1H3,(H,21,23). The number of nitrogens with zero attached hydrogens (tertiary/aromatic N) is 1. The Hall–Kier alpha value is -1.76. The highest BCUT2D eigenvalue weighted by molar-refractivity contribution is 5.82. The molecule has 7 heteroatoms. The molecule has 4 nitrogen and oxygen atoms in total. The summed E-state index contributed by atoms with van der Waals surface area (Å²) >= 11 is 0. The first-order valence-electron chi connectivity index (χ1n) is 8.15. The minimum absolute atomic E-state index is 0.0665. The summed E-state index contributed by atoms with van der Waals surface area (Å²) in [6.07, 6.45) is -2.18. The van der Waals surface area contributed by atoms with Gasteiger partial charge in [-0.3, -0.25) is 4.79 Å². The second-order valence-corrected chi connectivity index (χ2v) is 6.34. The number of hydrogen-bond acceptors (Lipinski definition) is 3. The zero-order valence-corrected chi connectivity index (χ0v) is 13.5. The lowest BCUT2D eigenvalue weighted by atomic mass is 9.84. The molecule has 1 aromatic rings. The average molecular weight is 342 g/mol. The van der Waals surface area contributed by atoms with Gasteiger partial charge in [0.25, 0.3) is 0 Å². The van der Waals surface area contributed by atoms with Crippen LogP contribution in [0, 0.1) is 5.92 Å². The molecule has 0 aromatic heterocycles. The zero-order chi connectivity index (χ0) is 17.3. The van der Waals surface area contributed by atoms with Gasteiger partial charge in [0.1, 0.15) is 0 Å². The van der Waals surface area contributed by atoms with Gasteiger partial charge in [-0.25, -0.2) is 0 Å². The van der Waals surface area contributed by atoms with Crippen LogP contribution in [-0.2, 0) is 22.1 Å². The first kappa shape index (κ1) is 17.1. The van der Waals surface area contributed by atoms with E-state index in [0.29, 0.717) is 25.1 Å². The van der Waals surface area contributed by atoms with Gasteiger partial charge < -0.3 is 15.0 Å². The van der Waals surface area contributed by atoms with Crippen LogP contribution in [0.25, 0.3) is 0 Å². The SMILES string of the molecule is COCCNC(=O)C1Cc2cc(C(F)(F)F)ccc2N2CCCC12.